The van der Waals surface area contributed by atoms with Gasteiger partial charge in [0.05, 0.1) is 0 Å². The van der Waals surface area contributed by atoms with Gasteiger partial charge in [0.15, 0.2) is 5.60 Å². The third kappa shape index (κ3) is 1.48. The predicted octanol–water partition coefficient (Wildman–Crippen LogP) is 0.135. The lowest BCUT2D eigenvalue weighted by Crippen LogP contribution is -2.32. The zero-order valence-corrected chi connectivity index (χ0v) is 8.60. The van der Waals surface area contributed by atoms with Crippen LogP contribution < -0.4 is 5.11 Å². The zero-order chi connectivity index (χ0) is 11.8. The van der Waals surface area contributed by atoms with Crippen LogP contribution in [0.2, 0.25) is 0 Å². The third-order valence-corrected chi connectivity index (χ3v) is 2.57. The summed E-state index contributed by atoms with van der Waals surface area (Å²) in [6.07, 6.45) is 0.961. The Kier molecular flexibility index (Phi) is 2.27. The molecule has 2 rings (SSSR count). The fourth-order valence-electron chi connectivity index (χ4n) is 1.61. The van der Waals surface area contributed by atoms with E-state index in [2.05, 4.69) is 0 Å². The number of carbonyl (C=O) groups excluding carboxylic acids is 2. The summed E-state index contributed by atoms with van der Waals surface area (Å²) in [6.45, 7) is 1.54. The number of ether oxygens (including phenoxy) is 1. The fraction of sp³-hybridized carbons (Fsp3) is 0.167. The Bertz CT molecular complexity index is 475. The van der Waals surface area contributed by atoms with Crippen molar-refractivity contribution in [3.8, 4) is 0 Å². The van der Waals surface area contributed by atoms with Crippen LogP contribution in [-0.4, -0.2) is 11.8 Å². The molecule has 0 N–H and O–H groups in total. The maximum absolute atomic E-state index is 11.7. The minimum atomic E-state index is -1.48. The maximum Gasteiger partial charge on any atom is 0.207 e. The molecule has 0 aliphatic carbocycles. The van der Waals surface area contributed by atoms with Gasteiger partial charge in [0, 0.05) is 11.6 Å². The first-order chi connectivity index (χ1) is 7.54. The SMILES string of the molecule is C[C@@]1(c2ccccc2)OC(C(=O)[O-])=CC1=O. The fourth-order valence-corrected chi connectivity index (χ4v) is 1.61. The van der Waals surface area contributed by atoms with E-state index in [0.29, 0.717) is 5.56 Å². The molecule has 0 bridgehead atoms. The van der Waals surface area contributed by atoms with E-state index in [1.54, 1.807) is 30.3 Å². The number of benzene rings is 1. The van der Waals surface area contributed by atoms with E-state index in [-0.39, 0.29) is 0 Å². The summed E-state index contributed by atoms with van der Waals surface area (Å²) in [7, 11) is 0. The van der Waals surface area contributed by atoms with Crippen LogP contribution in [0.25, 0.3) is 0 Å². The summed E-state index contributed by atoms with van der Waals surface area (Å²) in [5, 5.41) is 10.6. The molecular formula is C12H9O4-. The standard InChI is InChI=1S/C12H10O4/c1-12(8-5-3-2-4-6-8)10(13)7-9(16-12)11(14)15/h2-7H,1H3,(H,14,15)/p-1/t12-/m0/s1. The average Bonchev–Trinajstić information content (AvgIpc) is 2.58. The molecule has 4 heteroatoms. The number of hydrogen-bond donors (Lipinski definition) is 0. The lowest BCUT2D eigenvalue weighted by atomic mass is 9.92. The second-order valence-electron chi connectivity index (χ2n) is 3.66. The summed E-state index contributed by atoms with van der Waals surface area (Å²) >= 11 is 0. The number of carbonyl (C=O) groups is 2. The molecule has 0 aromatic heterocycles. The van der Waals surface area contributed by atoms with E-state index < -0.39 is 23.1 Å². The Morgan fingerprint density at radius 3 is 2.44 bits per heavy atom. The van der Waals surface area contributed by atoms with Gasteiger partial charge in [-0.3, -0.25) is 4.79 Å². The molecule has 16 heavy (non-hydrogen) atoms. The Labute approximate surface area is 92.2 Å². The number of ketones is 1. The highest BCUT2D eigenvalue weighted by atomic mass is 16.5. The third-order valence-electron chi connectivity index (χ3n) is 2.57. The van der Waals surface area contributed by atoms with Crippen LogP contribution in [0.4, 0.5) is 0 Å². The first kappa shape index (κ1) is 10.4. The van der Waals surface area contributed by atoms with Crippen LogP contribution in [0.5, 0.6) is 0 Å². The van der Waals surface area contributed by atoms with Crippen LogP contribution in [0.15, 0.2) is 42.2 Å². The second-order valence-corrected chi connectivity index (χ2v) is 3.66. The van der Waals surface area contributed by atoms with Gasteiger partial charge in [-0.05, 0) is 6.92 Å². The lowest BCUT2D eigenvalue weighted by Gasteiger charge is -2.24. The topological polar surface area (TPSA) is 66.4 Å². The predicted molar refractivity (Wildman–Crippen MR) is 53.0 cm³/mol. The molecule has 4 nitrogen and oxygen atoms in total. The van der Waals surface area contributed by atoms with Gasteiger partial charge in [-0.2, -0.15) is 0 Å². The molecule has 82 valence electrons. The van der Waals surface area contributed by atoms with Gasteiger partial charge in [-0.25, -0.2) is 0 Å². The quantitative estimate of drug-likeness (QED) is 0.706. The molecule has 1 aliphatic heterocycles. The molecule has 0 radical (unpaired) electrons. The first-order valence-electron chi connectivity index (χ1n) is 4.76. The Hall–Kier alpha value is -2.10. The zero-order valence-electron chi connectivity index (χ0n) is 8.60. The highest BCUT2D eigenvalue weighted by Crippen LogP contribution is 2.34. The summed E-state index contributed by atoms with van der Waals surface area (Å²) < 4.78 is 5.16. The van der Waals surface area contributed by atoms with E-state index in [1.807, 2.05) is 0 Å². The Morgan fingerprint density at radius 2 is 1.94 bits per heavy atom. The number of hydrogen-bond acceptors (Lipinski definition) is 4. The Morgan fingerprint density at radius 1 is 1.31 bits per heavy atom. The molecular weight excluding hydrogens is 208 g/mol. The van der Waals surface area contributed by atoms with Crippen molar-refractivity contribution in [3.05, 3.63) is 47.7 Å². The first-order valence-corrected chi connectivity index (χ1v) is 4.76. The van der Waals surface area contributed by atoms with Gasteiger partial charge in [0.25, 0.3) is 0 Å². The molecule has 0 fully saturated rings. The van der Waals surface area contributed by atoms with Crippen LogP contribution >= 0.6 is 0 Å². The highest BCUT2D eigenvalue weighted by Gasteiger charge is 2.41. The van der Waals surface area contributed by atoms with Crippen LogP contribution in [0.3, 0.4) is 0 Å². The molecule has 0 unspecified atom stereocenters. The number of aliphatic carboxylic acids is 1. The second kappa shape index (κ2) is 3.48. The molecule has 1 atom stereocenters. The van der Waals surface area contributed by atoms with E-state index in [9.17, 15) is 14.7 Å². The van der Waals surface area contributed by atoms with Crippen molar-refractivity contribution in [2.45, 2.75) is 12.5 Å². The van der Waals surface area contributed by atoms with Gasteiger partial charge >= 0.3 is 0 Å². The smallest absolute Gasteiger partial charge is 0.207 e. The molecule has 1 aromatic rings. The van der Waals surface area contributed by atoms with E-state index in [0.717, 1.165) is 6.08 Å². The van der Waals surface area contributed by atoms with Crippen LogP contribution in [0.1, 0.15) is 12.5 Å². The van der Waals surface area contributed by atoms with Crippen molar-refractivity contribution in [2.75, 3.05) is 0 Å². The Balaban J connectivity index is 2.38. The molecule has 0 spiro atoms. The lowest BCUT2D eigenvalue weighted by molar-refractivity contribution is -0.304. The number of carboxylic acid groups (broad SMARTS) is 1. The van der Waals surface area contributed by atoms with Gasteiger partial charge in [-0.15, -0.1) is 0 Å². The van der Waals surface area contributed by atoms with E-state index in [4.69, 9.17) is 4.74 Å². The molecule has 1 aromatic carbocycles. The summed E-state index contributed by atoms with van der Waals surface area (Å²) in [6, 6.07) is 8.75. The van der Waals surface area contributed by atoms with Crippen molar-refractivity contribution in [2.24, 2.45) is 0 Å². The van der Waals surface area contributed by atoms with Crippen molar-refractivity contribution >= 4 is 11.8 Å². The molecule has 1 aliphatic rings. The number of rotatable bonds is 2. The van der Waals surface area contributed by atoms with Crippen molar-refractivity contribution in [1.82, 2.24) is 0 Å². The normalized spacial score (nSPS) is 23.8. The average molecular weight is 217 g/mol. The van der Waals surface area contributed by atoms with Crippen LogP contribution in [0, 0.1) is 0 Å². The van der Waals surface area contributed by atoms with Gasteiger partial charge in [-0.1, -0.05) is 30.3 Å². The van der Waals surface area contributed by atoms with Crippen molar-refractivity contribution in [3.63, 3.8) is 0 Å². The summed E-state index contributed by atoms with van der Waals surface area (Å²) in [5.41, 5.74) is -0.635. The number of carboxylic acids is 1. The van der Waals surface area contributed by atoms with Crippen molar-refractivity contribution < 1.29 is 19.4 Å². The molecule has 1 heterocycles. The largest absolute Gasteiger partial charge is 0.542 e. The highest BCUT2D eigenvalue weighted by molar-refractivity contribution is 6.05. The van der Waals surface area contributed by atoms with Crippen LogP contribution in [-0.2, 0) is 19.9 Å². The minimum absolute atomic E-state index is 0.391. The minimum Gasteiger partial charge on any atom is -0.542 e. The summed E-state index contributed by atoms with van der Waals surface area (Å²) in [4.78, 5) is 22.3. The van der Waals surface area contributed by atoms with Gasteiger partial charge in [0.2, 0.25) is 5.78 Å². The van der Waals surface area contributed by atoms with Crippen molar-refractivity contribution in [1.29, 1.82) is 0 Å². The molecule has 0 saturated heterocycles. The molecule has 0 amide bonds. The van der Waals surface area contributed by atoms with E-state index >= 15 is 0 Å². The monoisotopic (exact) mass is 217 g/mol. The van der Waals surface area contributed by atoms with Gasteiger partial charge in [0.1, 0.15) is 11.7 Å². The summed E-state index contributed by atoms with van der Waals surface area (Å²) in [5.74, 6) is -2.29. The van der Waals surface area contributed by atoms with Gasteiger partial charge < -0.3 is 14.6 Å². The maximum atomic E-state index is 11.7. The molecule has 0 saturated carbocycles. The van der Waals surface area contributed by atoms with E-state index in [1.165, 1.54) is 6.92 Å².